The Kier molecular flexibility index (Phi) is 7.50. The minimum Gasteiger partial charge on any atom is -0.444 e. The van der Waals surface area contributed by atoms with Crippen LogP contribution in [-0.4, -0.2) is 67.4 Å². The lowest BCUT2D eigenvalue weighted by molar-refractivity contribution is 0.0199. The van der Waals surface area contributed by atoms with Gasteiger partial charge in [0, 0.05) is 37.8 Å². The molecule has 0 bridgehead atoms. The molecular formula is C23H35N3O5S. The molecule has 0 spiro atoms. The number of aryl methyl sites for hydroxylation is 1. The number of hydrogen-bond donors (Lipinski definition) is 1. The number of sulfonamides is 1. The van der Waals surface area contributed by atoms with Gasteiger partial charge in [-0.2, -0.15) is 4.31 Å². The van der Waals surface area contributed by atoms with Gasteiger partial charge < -0.3 is 15.0 Å². The monoisotopic (exact) mass is 465 g/mol. The maximum Gasteiger partial charge on any atom is 0.410 e. The van der Waals surface area contributed by atoms with Crippen LogP contribution in [-0.2, 0) is 14.8 Å². The first-order valence-corrected chi connectivity index (χ1v) is 12.8. The molecule has 0 aromatic heterocycles. The van der Waals surface area contributed by atoms with E-state index in [-0.39, 0.29) is 22.9 Å². The molecule has 0 radical (unpaired) electrons. The second kappa shape index (κ2) is 9.79. The van der Waals surface area contributed by atoms with Crippen molar-refractivity contribution in [1.82, 2.24) is 14.5 Å². The molecule has 178 valence electrons. The lowest BCUT2D eigenvalue weighted by Crippen LogP contribution is -2.47. The van der Waals surface area contributed by atoms with E-state index in [2.05, 4.69) is 5.32 Å². The van der Waals surface area contributed by atoms with Crippen molar-refractivity contribution in [2.45, 2.75) is 76.3 Å². The molecule has 2 aliphatic rings. The molecule has 2 aliphatic heterocycles. The summed E-state index contributed by atoms with van der Waals surface area (Å²) in [6.45, 7) is 9.30. The summed E-state index contributed by atoms with van der Waals surface area (Å²) in [5, 5.41) is 2.99. The molecule has 0 saturated carbocycles. The number of carbonyl (C=O) groups excluding carboxylic acids is 2. The standard InChI is InChI=1S/C23H35N3O5S/c1-17-8-9-18(16-20(17)32(29,30)26-12-6-5-7-13-26)21(27)24-19-10-14-25(15-11-19)22(28)31-23(2,3)4/h8-9,16,19H,5-7,10-15H2,1-4H3,(H,24,27). The smallest absolute Gasteiger partial charge is 0.410 e. The number of piperidine rings is 2. The van der Waals surface area contributed by atoms with Crippen LogP contribution in [0.15, 0.2) is 23.1 Å². The Labute approximate surface area is 191 Å². The topological polar surface area (TPSA) is 96.0 Å². The van der Waals surface area contributed by atoms with E-state index in [0.717, 1.165) is 19.3 Å². The summed E-state index contributed by atoms with van der Waals surface area (Å²) in [5.41, 5.74) is 0.429. The molecule has 3 rings (SSSR count). The van der Waals surface area contributed by atoms with Crippen molar-refractivity contribution in [3.8, 4) is 0 Å². The number of hydrogen-bond acceptors (Lipinski definition) is 5. The number of benzene rings is 1. The molecule has 2 amide bonds. The minimum absolute atomic E-state index is 0.0790. The summed E-state index contributed by atoms with van der Waals surface area (Å²) < 4.78 is 33.2. The van der Waals surface area contributed by atoms with E-state index >= 15 is 0 Å². The van der Waals surface area contributed by atoms with Crippen LogP contribution in [0.1, 0.15) is 68.8 Å². The zero-order chi connectivity index (χ0) is 23.5. The Morgan fingerprint density at radius 1 is 1.03 bits per heavy atom. The van der Waals surface area contributed by atoms with E-state index in [0.29, 0.717) is 50.1 Å². The Hall–Kier alpha value is -2.13. The largest absolute Gasteiger partial charge is 0.444 e. The van der Waals surface area contributed by atoms with Crippen LogP contribution < -0.4 is 5.32 Å². The summed E-state index contributed by atoms with van der Waals surface area (Å²) in [4.78, 5) is 26.9. The van der Waals surface area contributed by atoms with E-state index in [1.807, 2.05) is 20.8 Å². The average molecular weight is 466 g/mol. The second-order valence-electron chi connectivity index (χ2n) is 9.66. The van der Waals surface area contributed by atoms with Crippen LogP contribution in [0.5, 0.6) is 0 Å². The van der Waals surface area contributed by atoms with E-state index in [1.54, 1.807) is 24.0 Å². The summed E-state index contributed by atoms with van der Waals surface area (Å²) in [5.74, 6) is -0.296. The van der Waals surface area contributed by atoms with Crippen molar-refractivity contribution in [2.24, 2.45) is 0 Å². The van der Waals surface area contributed by atoms with Crippen LogP contribution >= 0.6 is 0 Å². The maximum absolute atomic E-state index is 13.1. The van der Waals surface area contributed by atoms with Crippen LogP contribution in [0, 0.1) is 6.92 Å². The summed E-state index contributed by atoms with van der Waals surface area (Å²) in [7, 11) is -3.62. The van der Waals surface area contributed by atoms with Crippen LogP contribution in [0.2, 0.25) is 0 Å². The van der Waals surface area contributed by atoms with E-state index in [9.17, 15) is 18.0 Å². The third kappa shape index (κ3) is 6.01. The lowest BCUT2D eigenvalue weighted by atomic mass is 10.0. The number of nitrogens with one attached hydrogen (secondary N) is 1. The summed E-state index contributed by atoms with van der Waals surface area (Å²) in [6, 6.07) is 4.77. The van der Waals surface area contributed by atoms with Gasteiger partial charge in [0.05, 0.1) is 4.90 Å². The number of rotatable bonds is 4. The van der Waals surface area contributed by atoms with Gasteiger partial charge in [-0.05, 0) is 71.1 Å². The third-order valence-corrected chi connectivity index (χ3v) is 7.91. The van der Waals surface area contributed by atoms with Crippen molar-refractivity contribution in [2.75, 3.05) is 26.2 Å². The van der Waals surface area contributed by atoms with Gasteiger partial charge in [0.2, 0.25) is 10.0 Å². The molecule has 2 saturated heterocycles. The van der Waals surface area contributed by atoms with Crippen LogP contribution in [0.4, 0.5) is 4.79 Å². The Balaban J connectivity index is 1.63. The van der Waals surface area contributed by atoms with Gasteiger partial charge in [0.1, 0.15) is 5.60 Å². The fraction of sp³-hybridized carbons (Fsp3) is 0.652. The number of likely N-dealkylation sites (tertiary alicyclic amines) is 1. The molecule has 9 heteroatoms. The first kappa shape index (κ1) is 24.5. The molecule has 0 aliphatic carbocycles. The van der Waals surface area contributed by atoms with Crippen molar-refractivity contribution in [1.29, 1.82) is 0 Å². The van der Waals surface area contributed by atoms with Crippen molar-refractivity contribution in [3.63, 3.8) is 0 Å². The van der Waals surface area contributed by atoms with Gasteiger partial charge in [-0.15, -0.1) is 0 Å². The summed E-state index contributed by atoms with van der Waals surface area (Å²) >= 11 is 0. The fourth-order valence-electron chi connectivity index (χ4n) is 4.07. The SMILES string of the molecule is Cc1ccc(C(=O)NC2CCN(C(=O)OC(C)(C)C)CC2)cc1S(=O)(=O)N1CCCCC1. The molecule has 1 N–H and O–H groups in total. The van der Waals surface area contributed by atoms with E-state index in [1.165, 1.54) is 10.4 Å². The zero-order valence-electron chi connectivity index (χ0n) is 19.5. The predicted octanol–water partition coefficient (Wildman–Crippen LogP) is 3.30. The highest BCUT2D eigenvalue weighted by molar-refractivity contribution is 7.89. The highest BCUT2D eigenvalue weighted by Crippen LogP contribution is 2.25. The van der Waals surface area contributed by atoms with Gasteiger partial charge in [0.15, 0.2) is 0 Å². The molecule has 0 atom stereocenters. The Bertz CT molecular complexity index is 941. The van der Waals surface area contributed by atoms with E-state index in [4.69, 9.17) is 4.74 Å². The molecule has 8 nitrogen and oxygen atoms in total. The van der Waals surface area contributed by atoms with Gasteiger partial charge in [0.25, 0.3) is 5.91 Å². The quantitative estimate of drug-likeness (QED) is 0.736. The van der Waals surface area contributed by atoms with Gasteiger partial charge in [-0.1, -0.05) is 12.5 Å². The molecule has 1 aromatic carbocycles. The average Bonchev–Trinajstić information content (AvgIpc) is 2.73. The first-order valence-electron chi connectivity index (χ1n) is 11.4. The molecule has 1 aromatic rings. The van der Waals surface area contributed by atoms with Crippen LogP contribution in [0.3, 0.4) is 0 Å². The highest BCUT2D eigenvalue weighted by atomic mass is 32.2. The minimum atomic E-state index is -3.62. The number of carbonyl (C=O) groups is 2. The molecule has 2 fully saturated rings. The molecule has 32 heavy (non-hydrogen) atoms. The third-order valence-electron chi connectivity index (χ3n) is 5.87. The number of ether oxygens (including phenoxy) is 1. The number of nitrogens with zero attached hydrogens (tertiary/aromatic N) is 2. The normalized spacial score (nSPS) is 18.9. The van der Waals surface area contributed by atoms with Crippen molar-refractivity contribution >= 4 is 22.0 Å². The predicted molar refractivity (Wildman–Crippen MR) is 122 cm³/mol. The second-order valence-corrected chi connectivity index (χ2v) is 11.6. The highest BCUT2D eigenvalue weighted by Gasteiger charge is 2.30. The zero-order valence-corrected chi connectivity index (χ0v) is 20.3. The van der Waals surface area contributed by atoms with Gasteiger partial charge >= 0.3 is 6.09 Å². The van der Waals surface area contributed by atoms with Gasteiger partial charge in [-0.3, -0.25) is 4.79 Å². The summed E-state index contributed by atoms with van der Waals surface area (Å²) in [6.07, 6.45) is 3.67. The fourth-order valence-corrected chi connectivity index (χ4v) is 5.83. The Morgan fingerprint density at radius 2 is 1.66 bits per heavy atom. The molecule has 2 heterocycles. The lowest BCUT2D eigenvalue weighted by Gasteiger charge is -2.33. The molecule has 0 unspecified atom stereocenters. The maximum atomic E-state index is 13.1. The van der Waals surface area contributed by atoms with E-state index < -0.39 is 15.6 Å². The van der Waals surface area contributed by atoms with Crippen molar-refractivity contribution < 1.29 is 22.7 Å². The number of amides is 2. The van der Waals surface area contributed by atoms with Gasteiger partial charge in [-0.25, -0.2) is 13.2 Å². The molecular weight excluding hydrogens is 430 g/mol. The van der Waals surface area contributed by atoms with Crippen molar-refractivity contribution in [3.05, 3.63) is 29.3 Å². The first-order chi connectivity index (χ1) is 15.0. The Morgan fingerprint density at radius 3 is 2.25 bits per heavy atom. The van der Waals surface area contributed by atoms with Crippen LogP contribution in [0.25, 0.3) is 0 Å².